The molecule has 0 bridgehead atoms. The molecule has 0 aliphatic carbocycles. The van der Waals surface area contributed by atoms with Gasteiger partial charge in [-0.3, -0.25) is 4.79 Å². The Hall–Kier alpha value is -1.46. The zero-order valence-electron chi connectivity index (χ0n) is 14.5. The third-order valence-corrected chi connectivity index (χ3v) is 4.88. The Balaban J connectivity index is 2.33. The van der Waals surface area contributed by atoms with Gasteiger partial charge in [0.25, 0.3) is 0 Å². The van der Waals surface area contributed by atoms with Crippen LogP contribution in [0.5, 0.6) is 0 Å². The number of esters is 1. The van der Waals surface area contributed by atoms with Crippen LogP contribution in [-0.2, 0) is 22.5 Å². The highest BCUT2D eigenvalue weighted by molar-refractivity contribution is 7.99. The number of hydrogen-bond donors (Lipinski definition) is 0. The molecule has 0 aliphatic heterocycles. The minimum absolute atomic E-state index is 0.262. The first-order valence-electron chi connectivity index (χ1n) is 8.08. The normalized spacial score (nSPS) is 11.1. The maximum atomic E-state index is 11.0. The minimum atomic E-state index is -0.262. The first kappa shape index (κ1) is 18.9. The molecule has 1 heterocycles. The molecule has 4 nitrogen and oxygen atoms in total. The molecule has 2 rings (SSSR count). The summed E-state index contributed by atoms with van der Waals surface area (Å²) in [4.78, 5) is 16.9. The second kappa shape index (κ2) is 8.58. The lowest BCUT2D eigenvalue weighted by atomic mass is 10.1. The lowest BCUT2D eigenvalue weighted by Crippen LogP contribution is -2.09. The summed E-state index contributed by atoms with van der Waals surface area (Å²) < 4.78 is 7.27. The number of aromatic nitrogens is 2. The van der Waals surface area contributed by atoms with E-state index in [2.05, 4.69) is 25.3 Å². The van der Waals surface area contributed by atoms with Crippen LogP contribution in [0.3, 0.4) is 0 Å². The molecule has 0 radical (unpaired) electrons. The van der Waals surface area contributed by atoms with Crippen molar-refractivity contribution < 1.29 is 9.53 Å². The number of ether oxygens (including phenoxy) is 1. The standard InChI is InChI=1S/C18H23ClN2O2S/c1-5-21-16(9-10-23-13(4)22)20-17(12(2)3)18(21)24-15-8-6-7-14(19)11-15/h6-8,11-12H,5,9-10H2,1-4H3. The Morgan fingerprint density at radius 3 is 2.75 bits per heavy atom. The Bertz CT molecular complexity index is 713. The van der Waals surface area contributed by atoms with Crippen LogP contribution in [0.15, 0.2) is 34.2 Å². The lowest BCUT2D eigenvalue weighted by molar-refractivity contribution is -0.140. The minimum Gasteiger partial charge on any atom is -0.465 e. The molecule has 6 heteroatoms. The Morgan fingerprint density at radius 1 is 1.42 bits per heavy atom. The molecule has 0 saturated heterocycles. The number of carbonyl (C=O) groups excluding carboxylic acids is 1. The fourth-order valence-electron chi connectivity index (χ4n) is 2.43. The fourth-order valence-corrected chi connectivity index (χ4v) is 3.97. The summed E-state index contributed by atoms with van der Waals surface area (Å²) in [6.07, 6.45) is 0.614. The number of rotatable bonds is 7. The molecule has 130 valence electrons. The SMILES string of the molecule is CCn1c(CCOC(C)=O)nc(C(C)C)c1Sc1cccc(Cl)c1. The van der Waals surface area contributed by atoms with Gasteiger partial charge in [-0.25, -0.2) is 4.98 Å². The summed E-state index contributed by atoms with van der Waals surface area (Å²) >= 11 is 7.78. The summed E-state index contributed by atoms with van der Waals surface area (Å²) in [7, 11) is 0. The van der Waals surface area contributed by atoms with Crippen molar-refractivity contribution in [1.29, 1.82) is 0 Å². The van der Waals surface area contributed by atoms with Gasteiger partial charge in [-0.15, -0.1) is 0 Å². The quantitative estimate of drug-likeness (QED) is 0.651. The predicted octanol–water partition coefficient (Wildman–Crippen LogP) is 4.94. The molecule has 2 aromatic rings. The smallest absolute Gasteiger partial charge is 0.302 e. The molecule has 0 fully saturated rings. The van der Waals surface area contributed by atoms with Crippen molar-refractivity contribution in [2.75, 3.05) is 6.61 Å². The van der Waals surface area contributed by atoms with Gasteiger partial charge in [0.1, 0.15) is 10.9 Å². The van der Waals surface area contributed by atoms with Gasteiger partial charge in [-0.1, -0.05) is 43.3 Å². The van der Waals surface area contributed by atoms with E-state index in [4.69, 9.17) is 21.3 Å². The van der Waals surface area contributed by atoms with Crippen LogP contribution in [-0.4, -0.2) is 22.1 Å². The van der Waals surface area contributed by atoms with Crippen LogP contribution >= 0.6 is 23.4 Å². The molecule has 0 atom stereocenters. The van der Waals surface area contributed by atoms with Gasteiger partial charge in [-0.2, -0.15) is 0 Å². The molecular weight excluding hydrogens is 344 g/mol. The van der Waals surface area contributed by atoms with Crippen molar-refractivity contribution in [2.45, 2.75) is 56.5 Å². The van der Waals surface area contributed by atoms with Crippen LogP contribution in [0, 0.1) is 0 Å². The molecule has 1 aromatic heterocycles. The van der Waals surface area contributed by atoms with E-state index in [1.165, 1.54) is 6.92 Å². The molecule has 0 unspecified atom stereocenters. The van der Waals surface area contributed by atoms with Crippen molar-refractivity contribution in [3.8, 4) is 0 Å². The monoisotopic (exact) mass is 366 g/mol. The number of benzene rings is 1. The number of hydrogen-bond acceptors (Lipinski definition) is 4. The van der Waals surface area contributed by atoms with Gasteiger partial charge in [0, 0.05) is 29.8 Å². The average Bonchev–Trinajstić information content (AvgIpc) is 2.84. The first-order valence-corrected chi connectivity index (χ1v) is 9.27. The lowest BCUT2D eigenvalue weighted by Gasteiger charge is -2.11. The van der Waals surface area contributed by atoms with Crippen molar-refractivity contribution in [1.82, 2.24) is 9.55 Å². The Kier molecular flexibility index (Phi) is 6.75. The van der Waals surface area contributed by atoms with E-state index in [9.17, 15) is 4.79 Å². The van der Waals surface area contributed by atoms with Gasteiger partial charge >= 0.3 is 5.97 Å². The number of imidazole rings is 1. The highest BCUT2D eigenvalue weighted by Crippen LogP contribution is 2.35. The molecule has 0 spiro atoms. The van der Waals surface area contributed by atoms with Gasteiger partial charge in [-0.05, 0) is 31.0 Å². The zero-order chi connectivity index (χ0) is 17.7. The second-order valence-electron chi connectivity index (χ2n) is 5.77. The van der Waals surface area contributed by atoms with Gasteiger partial charge < -0.3 is 9.30 Å². The molecule has 1 aromatic carbocycles. The highest BCUT2D eigenvalue weighted by atomic mass is 35.5. The number of halogens is 1. The van der Waals surface area contributed by atoms with E-state index in [1.807, 2.05) is 24.3 Å². The summed E-state index contributed by atoms with van der Waals surface area (Å²) in [5.74, 6) is 1.00. The molecule has 0 N–H and O–H groups in total. The van der Waals surface area contributed by atoms with Crippen molar-refractivity contribution in [3.63, 3.8) is 0 Å². The van der Waals surface area contributed by atoms with Gasteiger partial charge in [0.15, 0.2) is 0 Å². The van der Waals surface area contributed by atoms with E-state index in [-0.39, 0.29) is 5.97 Å². The maximum Gasteiger partial charge on any atom is 0.302 e. The predicted molar refractivity (Wildman–Crippen MR) is 97.9 cm³/mol. The summed E-state index contributed by atoms with van der Waals surface area (Å²) in [6.45, 7) is 8.97. The third kappa shape index (κ3) is 4.77. The van der Waals surface area contributed by atoms with Gasteiger partial charge in [0.05, 0.1) is 12.3 Å². The van der Waals surface area contributed by atoms with Crippen LogP contribution in [0.2, 0.25) is 5.02 Å². The van der Waals surface area contributed by atoms with Gasteiger partial charge in [0.2, 0.25) is 0 Å². The molecule has 24 heavy (non-hydrogen) atoms. The van der Waals surface area contributed by atoms with Crippen LogP contribution in [0.1, 0.15) is 45.1 Å². The highest BCUT2D eigenvalue weighted by Gasteiger charge is 2.19. The van der Waals surface area contributed by atoms with E-state index < -0.39 is 0 Å². The largest absolute Gasteiger partial charge is 0.465 e. The van der Waals surface area contributed by atoms with E-state index in [0.29, 0.717) is 18.9 Å². The summed E-state index contributed by atoms with van der Waals surface area (Å²) in [5, 5.41) is 1.86. The van der Waals surface area contributed by atoms with Crippen molar-refractivity contribution in [2.24, 2.45) is 0 Å². The second-order valence-corrected chi connectivity index (χ2v) is 7.27. The zero-order valence-corrected chi connectivity index (χ0v) is 16.1. The molecular formula is C18H23ClN2O2S. The van der Waals surface area contributed by atoms with Crippen molar-refractivity contribution >= 4 is 29.3 Å². The third-order valence-electron chi connectivity index (χ3n) is 3.53. The molecule has 0 amide bonds. The van der Waals surface area contributed by atoms with Crippen LogP contribution in [0.25, 0.3) is 0 Å². The number of nitrogens with zero attached hydrogens (tertiary/aromatic N) is 2. The van der Waals surface area contributed by atoms with E-state index in [0.717, 1.165) is 33.0 Å². The average molecular weight is 367 g/mol. The van der Waals surface area contributed by atoms with Crippen molar-refractivity contribution in [3.05, 3.63) is 40.8 Å². The maximum absolute atomic E-state index is 11.0. The molecule has 0 aliphatic rings. The fraction of sp³-hybridized carbons (Fsp3) is 0.444. The molecule has 0 saturated carbocycles. The van der Waals surface area contributed by atoms with Crippen LogP contribution < -0.4 is 0 Å². The summed E-state index contributed by atoms with van der Waals surface area (Å²) in [6, 6.07) is 7.83. The van der Waals surface area contributed by atoms with E-state index >= 15 is 0 Å². The van der Waals surface area contributed by atoms with Crippen LogP contribution in [0.4, 0.5) is 0 Å². The topological polar surface area (TPSA) is 44.1 Å². The summed E-state index contributed by atoms with van der Waals surface area (Å²) in [5.41, 5.74) is 1.07. The first-order chi connectivity index (χ1) is 11.4. The Labute approximate surface area is 152 Å². The van der Waals surface area contributed by atoms with E-state index in [1.54, 1.807) is 11.8 Å². The number of carbonyl (C=O) groups is 1. The Morgan fingerprint density at radius 2 is 2.17 bits per heavy atom.